The van der Waals surface area contributed by atoms with Crippen LogP contribution in [0, 0.1) is 0 Å². The van der Waals surface area contributed by atoms with Crippen LogP contribution < -0.4 is 0 Å². The smallest absolute Gasteiger partial charge is 0.321 e. The van der Waals surface area contributed by atoms with Gasteiger partial charge in [-0.25, -0.2) is 0 Å². The Morgan fingerprint density at radius 3 is 2.62 bits per heavy atom. The second kappa shape index (κ2) is 5.32. The Morgan fingerprint density at radius 1 is 1.50 bits per heavy atom. The highest BCUT2D eigenvalue weighted by Gasteiger charge is 2.25. The summed E-state index contributed by atoms with van der Waals surface area (Å²) >= 11 is 0. The molecule has 0 radical (unpaired) electrons. The van der Waals surface area contributed by atoms with E-state index in [-0.39, 0.29) is 0 Å². The minimum absolute atomic E-state index is 0.372. The number of H-pyrrole nitrogens is 1. The monoisotopic (exact) mass is 226 g/mol. The van der Waals surface area contributed by atoms with Crippen LogP contribution >= 0.6 is 0 Å². The van der Waals surface area contributed by atoms with Gasteiger partial charge in [-0.1, -0.05) is 0 Å². The van der Waals surface area contributed by atoms with Crippen LogP contribution in [0.25, 0.3) is 0 Å². The number of carboxylic acids is 2. The van der Waals surface area contributed by atoms with Crippen molar-refractivity contribution in [2.45, 2.75) is 19.0 Å². The molecule has 0 bridgehead atoms. The van der Waals surface area contributed by atoms with Gasteiger partial charge in [-0.3, -0.25) is 14.5 Å². The number of carboxylic acid groups (broad SMARTS) is 2. The fourth-order valence-corrected chi connectivity index (χ4v) is 1.44. The summed E-state index contributed by atoms with van der Waals surface area (Å²) < 4.78 is 0. The normalized spacial score (nSPS) is 12.6. The summed E-state index contributed by atoms with van der Waals surface area (Å²) in [5.74, 6) is -2.25. The summed E-state index contributed by atoms with van der Waals surface area (Å²) in [6.07, 6.45) is 1.32. The lowest BCUT2D eigenvalue weighted by Crippen LogP contribution is -2.39. The predicted octanol–water partition coefficient (Wildman–Crippen LogP) is 0.374. The van der Waals surface area contributed by atoms with Gasteiger partial charge in [0.25, 0.3) is 0 Å². The van der Waals surface area contributed by atoms with E-state index in [9.17, 15) is 9.59 Å². The molecule has 0 saturated carbocycles. The molecule has 1 atom stereocenters. The summed E-state index contributed by atoms with van der Waals surface area (Å²) in [4.78, 5) is 25.8. The fourth-order valence-electron chi connectivity index (χ4n) is 1.44. The van der Waals surface area contributed by atoms with E-state index < -0.39 is 24.4 Å². The molecule has 16 heavy (non-hydrogen) atoms. The van der Waals surface area contributed by atoms with Crippen LogP contribution in [0.5, 0.6) is 0 Å². The topological polar surface area (TPSA) is 93.6 Å². The van der Waals surface area contributed by atoms with E-state index in [1.165, 1.54) is 4.90 Å². The summed E-state index contributed by atoms with van der Waals surface area (Å²) in [6, 6.07) is 2.60. The lowest BCUT2D eigenvalue weighted by atomic mass is 10.2. The van der Waals surface area contributed by atoms with Crippen LogP contribution in [-0.4, -0.2) is 45.1 Å². The second-order valence-corrected chi connectivity index (χ2v) is 3.56. The van der Waals surface area contributed by atoms with E-state index in [1.54, 1.807) is 19.3 Å². The molecule has 0 aromatic carbocycles. The minimum Gasteiger partial charge on any atom is -0.481 e. The van der Waals surface area contributed by atoms with E-state index in [4.69, 9.17) is 10.2 Å². The lowest BCUT2D eigenvalue weighted by molar-refractivity contribution is -0.149. The van der Waals surface area contributed by atoms with E-state index in [2.05, 4.69) is 4.98 Å². The van der Waals surface area contributed by atoms with E-state index in [1.807, 2.05) is 6.07 Å². The molecule has 1 heterocycles. The molecule has 1 unspecified atom stereocenters. The number of aromatic nitrogens is 1. The molecule has 1 aromatic rings. The largest absolute Gasteiger partial charge is 0.481 e. The van der Waals surface area contributed by atoms with Gasteiger partial charge in [0.05, 0.1) is 6.42 Å². The number of likely N-dealkylation sites (N-methyl/N-ethyl adjacent to an activating group) is 1. The maximum atomic E-state index is 10.9. The number of hydrogen-bond acceptors (Lipinski definition) is 3. The van der Waals surface area contributed by atoms with Crippen molar-refractivity contribution in [1.82, 2.24) is 9.88 Å². The molecule has 0 aliphatic heterocycles. The third-order valence-electron chi connectivity index (χ3n) is 2.27. The first kappa shape index (κ1) is 12.3. The number of aromatic amines is 1. The first-order chi connectivity index (χ1) is 7.50. The van der Waals surface area contributed by atoms with Gasteiger partial charge in [0.15, 0.2) is 0 Å². The quantitative estimate of drug-likeness (QED) is 0.651. The molecular weight excluding hydrogens is 212 g/mol. The van der Waals surface area contributed by atoms with Crippen LogP contribution in [0.3, 0.4) is 0 Å². The minimum atomic E-state index is -1.13. The van der Waals surface area contributed by atoms with Gasteiger partial charge in [0.2, 0.25) is 0 Å². The highest BCUT2D eigenvalue weighted by Crippen LogP contribution is 2.07. The molecule has 0 fully saturated rings. The van der Waals surface area contributed by atoms with Gasteiger partial charge in [-0.15, -0.1) is 0 Å². The Morgan fingerprint density at radius 2 is 2.19 bits per heavy atom. The van der Waals surface area contributed by atoms with Crippen LogP contribution in [-0.2, 0) is 16.1 Å². The predicted molar refractivity (Wildman–Crippen MR) is 55.9 cm³/mol. The third-order valence-corrected chi connectivity index (χ3v) is 2.27. The summed E-state index contributed by atoms with van der Waals surface area (Å²) in [5.41, 5.74) is 0.846. The first-order valence-electron chi connectivity index (χ1n) is 4.78. The first-order valence-corrected chi connectivity index (χ1v) is 4.78. The maximum absolute atomic E-state index is 10.9. The number of hydrogen-bond donors (Lipinski definition) is 3. The second-order valence-electron chi connectivity index (χ2n) is 3.56. The Kier molecular flexibility index (Phi) is 4.07. The molecule has 1 rings (SSSR count). The van der Waals surface area contributed by atoms with Crippen LogP contribution in [0.1, 0.15) is 12.1 Å². The molecule has 0 aliphatic carbocycles. The SMILES string of the molecule is CN(Cc1ccc[nH]1)C(CC(=O)O)C(=O)O. The van der Waals surface area contributed by atoms with Crippen molar-refractivity contribution >= 4 is 11.9 Å². The van der Waals surface area contributed by atoms with Crippen molar-refractivity contribution in [3.8, 4) is 0 Å². The molecule has 88 valence electrons. The fraction of sp³-hybridized carbons (Fsp3) is 0.400. The van der Waals surface area contributed by atoms with Gasteiger partial charge in [-0.05, 0) is 19.2 Å². The number of aliphatic carboxylic acids is 2. The molecule has 3 N–H and O–H groups in total. The van der Waals surface area contributed by atoms with E-state index in [0.29, 0.717) is 6.54 Å². The number of carbonyl (C=O) groups is 2. The van der Waals surface area contributed by atoms with Gasteiger partial charge < -0.3 is 15.2 Å². The Bertz CT molecular complexity index is 361. The molecule has 0 amide bonds. The molecule has 6 heteroatoms. The van der Waals surface area contributed by atoms with Crippen molar-refractivity contribution in [3.05, 3.63) is 24.0 Å². The maximum Gasteiger partial charge on any atom is 0.321 e. The highest BCUT2D eigenvalue weighted by molar-refractivity contribution is 5.80. The van der Waals surface area contributed by atoms with Gasteiger partial charge >= 0.3 is 11.9 Å². The Labute approximate surface area is 92.5 Å². The Balaban J connectivity index is 2.63. The van der Waals surface area contributed by atoms with Crippen molar-refractivity contribution in [2.24, 2.45) is 0 Å². The van der Waals surface area contributed by atoms with E-state index in [0.717, 1.165) is 5.69 Å². The number of nitrogens with one attached hydrogen (secondary N) is 1. The molecular formula is C10H14N2O4. The van der Waals surface area contributed by atoms with Gasteiger partial charge in [0, 0.05) is 18.4 Å². The van der Waals surface area contributed by atoms with Gasteiger partial charge in [-0.2, -0.15) is 0 Å². The molecule has 6 nitrogen and oxygen atoms in total. The van der Waals surface area contributed by atoms with Crippen LogP contribution in [0.15, 0.2) is 18.3 Å². The number of rotatable bonds is 6. The molecule has 0 aliphatic rings. The Hall–Kier alpha value is -1.82. The standard InChI is InChI=1S/C10H14N2O4/c1-12(6-7-3-2-4-11-7)8(10(15)16)5-9(13)14/h2-4,8,11H,5-6H2,1H3,(H,13,14)(H,15,16). The molecule has 0 spiro atoms. The van der Waals surface area contributed by atoms with Crippen molar-refractivity contribution in [1.29, 1.82) is 0 Å². The lowest BCUT2D eigenvalue weighted by Gasteiger charge is -2.22. The summed E-state index contributed by atoms with van der Waals surface area (Å²) in [5, 5.41) is 17.5. The summed E-state index contributed by atoms with van der Waals surface area (Å²) in [7, 11) is 1.59. The zero-order chi connectivity index (χ0) is 12.1. The van der Waals surface area contributed by atoms with Crippen LogP contribution in [0.4, 0.5) is 0 Å². The van der Waals surface area contributed by atoms with E-state index >= 15 is 0 Å². The zero-order valence-corrected chi connectivity index (χ0v) is 8.88. The van der Waals surface area contributed by atoms with Crippen molar-refractivity contribution < 1.29 is 19.8 Å². The zero-order valence-electron chi connectivity index (χ0n) is 8.88. The summed E-state index contributed by atoms with van der Waals surface area (Å²) in [6.45, 7) is 0.372. The third kappa shape index (κ3) is 3.39. The van der Waals surface area contributed by atoms with Crippen molar-refractivity contribution in [3.63, 3.8) is 0 Å². The average molecular weight is 226 g/mol. The van der Waals surface area contributed by atoms with Gasteiger partial charge in [0.1, 0.15) is 6.04 Å². The highest BCUT2D eigenvalue weighted by atomic mass is 16.4. The molecule has 0 saturated heterocycles. The number of nitrogens with zero attached hydrogens (tertiary/aromatic N) is 1. The van der Waals surface area contributed by atoms with Crippen LogP contribution in [0.2, 0.25) is 0 Å². The average Bonchev–Trinajstić information content (AvgIpc) is 2.65. The molecule has 1 aromatic heterocycles. The van der Waals surface area contributed by atoms with Crippen molar-refractivity contribution in [2.75, 3.05) is 7.05 Å².